The smallest absolute Gasteiger partial charge is 0.261 e. The number of para-hydroxylation sites is 1. The molecule has 0 fully saturated rings. The number of carbonyl (C=O) groups excluding carboxylic acids is 1. The highest BCUT2D eigenvalue weighted by atomic mass is 16.2. The molecular formula is C16H17N5O2. The van der Waals surface area contributed by atoms with Gasteiger partial charge in [0.2, 0.25) is 5.91 Å². The fraction of sp³-hybridized carbons (Fsp3) is 0.250. The summed E-state index contributed by atoms with van der Waals surface area (Å²) in [5.74, 6) is -0.159. The van der Waals surface area contributed by atoms with Gasteiger partial charge in [-0.2, -0.15) is 5.10 Å². The molecule has 0 saturated carbocycles. The van der Waals surface area contributed by atoms with E-state index in [9.17, 15) is 9.59 Å². The molecule has 0 N–H and O–H groups in total. The van der Waals surface area contributed by atoms with Crippen molar-refractivity contribution < 1.29 is 4.79 Å². The zero-order valence-corrected chi connectivity index (χ0v) is 13.0. The van der Waals surface area contributed by atoms with Crippen LogP contribution in [0.2, 0.25) is 0 Å². The predicted molar refractivity (Wildman–Crippen MR) is 85.7 cm³/mol. The lowest BCUT2D eigenvalue weighted by atomic mass is 10.2. The zero-order valence-electron chi connectivity index (χ0n) is 13.0. The van der Waals surface area contributed by atoms with Gasteiger partial charge in [0.05, 0.1) is 23.4 Å². The summed E-state index contributed by atoms with van der Waals surface area (Å²) >= 11 is 0. The molecule has 0 spiro atoms. The van der Waals surface area contributed by atoms with Crippen molar-refractivity contribution in [3.63, 3.8) is 0 Å². The van der Waals surface area contributed by atoms with E-state index < -0.39 is 0 Å². The van der Waals surface area contributed by atoms with Gasteiger partial charge in [-0.1, -0.05) is 12.1 Å². The second-order valence-corrected chi connectivity index (χ2v) is 5.47. The first kappa shape index (κ1) is 15.0. The van der Waals surface area contributed by atoms with Gasteiger partial charge >= 0.3 is 0 Å². The summed E-state index contributed by atoms with van der Waals surface area (Å²) in [6.45, 7) is 0.413. The molecule has 0 aliphatic carbocycles. The van der Waals surface area contributed by atoms with Gasteiger partial charge in [-0.25, -0.2) is 4.98 Å². The van der Waals surface area contributed by atoms with Crippen LogP contribution < -0.4 is 5.56 Å². The molecule has 118 valence electrons. The maximum atomic E-state index is 12.4. The molecule has 0 aliphatic heterocycles. The lowest BCUT2D eigenvalue weighted by molar-refractivity contribution is -0.131. The fourth-order valence-electron chi connectivity index (χ4n) is 2.40. The molecule has 7 heteroatoms. The number of hydrogen-bond acceptors (Lipinski definition) is 4. The Bertz CT molecular complexity index is 912. The summed E-state index contributed by atoms with van der Waals surface area (Å²) in [4.78, 5) is 30.5. The lowest BCUT2D eigenvalue weighted by Crippen LogP contribution is -2.33. The molecule has 0 unspecified atom stereocenters. The molecular weight excluding hydrogens is 294 g/mol. The highest BCUT2D eigenvalue weighted by molar-refractivity contribution is 5.78. The number of amides is 1. The predicted octanol–water partition coefficient (Wildman–Crippen LogP) is 0.789. The highest BCUT2D eigenvalue weighted by Crippen LogP contribution is 2.06. The van der Waals surface area contributed by atoms with Crippen molar-refractivity contribution in [2.75, 3.05) is 7.05 Å². The average molecular weight is 311 g/mol. The maximum Gasteiger partial charge on any atom is 0.261 e. The Balaban J connectivity index is 1.77. The molecule has 7 nitrogen and oxygen atoms in total. The van der Waals surface area contributed by atoms with Crippen molar-refractivity contribution in [1.29, 1.82) is 0 Å². The molecule has 2 heterocycles. The van der Waals surface area contributed by atoms with Crippen molar-refractivity contribution >= 4 is 16.8 Å². The first-order valence-electron chi connectivity index (χ1n) is 7.20. The Hall–Kier alpha value is -2.96. The number of rotatable bonds is 4. The van der Waals surface area contributed by atoms with Crippen LogP contribution in [0.25, 0.3) is 10.9 Å². The van der Waals surface area contributed by atoms with E-state index in [-0.39, 0.29) is 18.0 Å². The van der Waals surface area contributed by atoms with Crippen molar-refractivity contribution in [2.24, 2.45) is 7.05 Å². The van der Waals surface area contributed by atoms with E-state index in [0.29, 0.717) is 17.4 Å². The molecule has 0 atom stereocenters. The van der Waals surface area contributed by atoms with Crippen LogP contribution in [0.15, 0.2) is 47.8 Å². The number of aromatic nitrogens is 4. The number of likely N-dealkylation sites (N-methyl/N-ethyl adjacent to an activating group) is 1. The fourth-order valence-corrected chi connectivity index (χ4v) is 2.40. The molecule has 3 rings (SSSR count). The molecule has 2 aromatic heterocycles. The number of hydrogen-bond donors (Lipinski definition) is 0. The van der Waals surface area contributed by atoms with Crippen LogP contribution in [0.5, 0.6) is 0 Å². The van der Waals surface area contributed by atoms with Crippen LogP contribution in [0.1, 0.15) is 5.56 Å². The molecule has 23 heavy (non-hydrogen) atoms. The third-order valence-electron chi connectivity index (χ3n) is 3.64. The molecule has 0 saturated heterocycles. The van der Waals surface area contributed by atoms with Crippen LogP contribution in [0, 0.1) is 0 Å². The van der Waals surface area contributed by atoms with Gasteiger partial charge in [-0.3, -0.25) is 18.8 Å². The first-order valence-corrected chi connectivity index (χ1v) is 7.20. The van der Waals surface area contributed by atoms with Crippen LogP contribution in [0.4, 0.5) is 0 Å². The zero-order chi connectivity index (χ0) is 16.4. The first-order chi connectivity index (χ1) is 11.0. The number of fused-ring (bicyclic) bond motifs is 1. The normalized spacial score (nSPS) is 10.9. The Morgan fingerprint density at radius 2 is 2.09 bits per heavy atom. The van der Waals surface area contributed by atoms with Gasteiger partial charge in [-0.15, -0.1) is 0 Å². The Kier molecular flexibility index (Phi) is 3.92. The van der Waals surface area contributed by atoms with E-state index in [1.807, 2.05) is 19.3 Å². The minimum atomic E-state index is -0.210. The van der Waals surface area contributed by atoms with Gasteiger partial charge in [0.25, 0.3) is 5.56 Å². The van der Waals surface area contributed by atoms with Gasteiger partial charge in [0, 0.05) is 32.4 Å². The molecule has 0 radical (unpaired) electrons. The monoisotopic (exact) mass is 311 g/mol. The number of benzene rings is 1. The Labute approximate surface area is 132 Å². The summed E-state index contributed by atoms with van der Waals surface area (Å²) in [7, 11) is 3.53. The number of aryl methyl sites for hydroxylation is 1. The summed E-state index contributed by atoms with van der Waals surface area (Å²) < 4.78 is 3.02. The van der Waals surface area contributed by atoms with Crippen LogP contribution in [-0.4, -0.2) is 37.2 Å². The maximum absolute atomic E-state index is 12.4. The van der Waals surface area contributed by atoms with Crippen LogP contribution in [0.3, 0.4) is 0 Å². The van der Waals surface area contributed by atoms with Crippen molar-refractivity contribution in [1.82, 2.24) is 24.2 Å². The largest absolute Gasteiger partial charge is 0.340 e. The Morgan fingerprint density at radius 3 is 2.83 bits per heavy atom. The van der Waals surface area contributed by atoms with Gasteiger partial charge in [0.1, 0.15) is 6.54 Å². The van der Waals surface area contributed by atoms with E-state index in [2.05, 4.69) is 10.1 Å². The van der Waals surface area contributed by atoms with Gasteiger partial charge in [0.15, 0.2) is 0 Å². The van der Waals surface area contributed by atoms with E-state index in [0.717, 1.165) is 5.56 Å². The van der Waals surface area contributed by atoms with E-state index >= 15 is 0 Å². The second-order valence-electron chi connectivity index (χ2n) is 5.47. The van der Waals surface area contributed by atoms with E-state index in [1.165, 1.54) is 10.9 Å². The topological polar surface area (TPSA) is 73.0 Å². The Morgan fingerprint density at radius 1 is 1.30 bits per heavy atom. The third-order valence-corrected chi connectivity index (χ3v) is 3.64. The highest BCUT2D eigenvalue weighted by Gasteiger charge is 2.13. The summed E-state index contributed by atoms with van der Waals surface area (Å²) in [5.41, 5.74) is 1.36. The molecule has 1 aromatic carbocycles. The average Bonchev–Trinajstić information content (AvgIpc) is 2.95. The van der Waals surface area contributed by atoms with Crippen LogP contribution >= 0.6 is 0 Å². The third kappa shape index (κ3) is 3.13. The summed E-state index contributed by atoms with van der Waals surface area (Å²) in [5, 5.41) is 4.59. The van der Waals surface area contributed by atoms with Crippen molar-refractivity contribution in [3.05, 3.63) is 58.9 Å². The van der Waals surface area contributed by atoms with E-state index in [4.69, 9.17) is 0 Å². The van der Waals surface area contributed by atoms with Crippen LogP contribution in [-0.2, 0) is 24.9 Å². The molecule has 0 bridgehead atoms. The minimum absolute atomic E-state index is 0.0343. The van der Waals surface area contributed by atoms with Gasteiger partial charge in [-0.05, 0) is 12.1 Å². The summed E-state index contributed by atoms with van der Waals surface area (Å²) in [6.07, 6.45) is 4.99. The number of carbonyl (C=O) groups is 1. The lowest BCUT2D eigenvalue weighted by Gasteiger charge is -2.17. The molecule has 3 aromatic rings. The standard InChI is InChI=1S/C16H17N5O2/c1-19(8-12-7-18-20(2)9-12)15(22)10-21-11-17-14-6-4-3-5-13(14)16(21)23/h3-7,9,11H,8,10H2,1-2H3. The second kappa shape index (κ2) is 6.04. The van der Waals surface area contributed by atoms with Gasteiger partial charge < -0.3 is 4.90 Å². The molecule has 1 amide bonds. The quantitative estimate of drug-likeness (QED) is 0.714. The van der Waals surface area contributed by atoms with Crippen molar-refractivity contribution in [2.45, 2.75) is 13.1 Å². The SMILES string of the molecule is CN(Cc1cnn(C)c1)C(=O)Cn1cnc2ccccc2c1=O. The van der Waals surface area contributed by atoms with Crippen molar-refractivity contribution in [3.8, 4) is 0 Å². The van der Waals surface area contributed by atoms with E-state index in [1.54, 1.807) is 41.0 Å². The number of nitrogens with zero attached hydrogens (tertiary/aromatic N) is 5. The summed E-state index contributed by atoms with van der Waals surface area (Å²) in [6, 6.07) is 7.10. The molecule has 0 aliphatic rings. The minimum Gasteiger partial charge on any atom is -0.340 e.